The molecule has 2 atom stereocenters. The average Bonchev–Trinajstić information content (AvgIpc) is 1.59. The van der Waals surface area contributed by atoms with Crippen molar-refractivity contribution in [2.45, 2.75) is 165 Å². The molecule has 6 aliphatic rings. The Morgan fingerprint density at radius 3 is 1.74 bits per heavy atom. The number of ether oxygens (including phenoxy) is 2. The highest BCUT2D eigenvalue weighted by molar-refractivity contribution is 6.07. The van der Waals surface area contributed by atoms with Crippen molar-refractivity contribution in [3.63, 3.8) is 0 Å². The van der Waals surface area contributed by atoms with Gasteiger partial charge in [0.15, 0.2) is 0 Å². The van der Waals surface area contributed by atoms with Gasteiger partial charge in [-0.05, 0) is 189 Å². The Balaban J connectivity index is 0.570. The number of benzene rings is 4. The lowest BCUT2D eigenvalue weighted by Crippen LogP contribution is -2.45. The molecule has 622 valence electrons. The molecule has 2 aliphatic carbocycles. The van der Waals surface area contributed by atoms with Crippen LogP contribution in [0.3, 0.4) is 0 Å². The number of imidazole rings is 2. The molecule has 2 saturated carbocycles. The van der Waals surface area contributed by atoms with Gasteiger partial charge in [0.05, 0.1) is 69.0 Å². The average molecular weight is 1630 g/mol. The van der Waals surface area contributed by atoms with E-state index in [1.165, 1.54) is 16.2 Å². The highest BCUT2D eigenvalue weighted by atomic mass is 19.4. The first kappa shape index (κ1) is 80.4. The van der Waals surface area contributed by atoms with Gasteiger partial charge in [-0.2, -0.15) is 31.4 Å². The van der Waals surface area contributed by atoms with Crippen LogP contribution in [0.2, 0.25) is 0 Å². The van der Waals surface area contributed by atoms with E-state index in [0.717, 1.165) is 180 Å². The Labute approximate surface area is 674 Å². The van der Waals surface area contributed by atoms with Gasteiger partial charge in [0.1, 0.15) is 53.0 Å². The number of hydrogen-bond donors (Lipinski definition) is 4. The second-order valence-electron chi connectivity index (χ2n) is 32.9. The molecule has 6 fully saturated rings. The lowest BCUT2D eigenvalue weighted by molar-refractivity contribution is -0.142. The van der Waals surface area contributed by atoms with E-state index in [1.807, 2.05) is 65.8 Å². The van der Waals surface area contributed by atoms with Gasteiger partial charge in [0.25, 0.3) is 11.8 Å². The number of para-hydroxylation sites is 1. The molecule has 6 aromatic heterocycles. The monoisotopic (exact) mass is 1630 g/mol. The van der Waals surface area contributed by atoms with Gasteiger partial charge >= 0.3 is 23.7 Å². The van der Waals surface area contributed by atoms with Crippen molar-refractivity contribution in [2.75, 3.05) is 80.9 Å². The highest BCUT2D eigenvalue weighted by Gasteiger charge is 2.40. The summed E-state index contributed by atoms with van der Waals surface area (Å²) in [6.45, 7) is 6.33. The first-order chi connectivity index (χ1) is 56.4. The number of halogens is 6. The quantitative estimate of drug-likeness (QED) is 0.0407. The molecule has 10 heterocycles. The topological polar surface area (TPSA) is 284 Å². The van der Waals surface area contributed by atoms with Crippen molar-refractivity contribution in [1.82, 2.24) is 63.0 Å². The van der Waals surface area contributed by atoms with Crippen molar-refractivity contribution in [3.05, 3.63) is 158 Å². The maximum Gasteiger partial charge on any atom is 0.433 e. The summed E-state index contributed by atoms with van der Waals surface area (Å²) < 4.78 is 108. The number of carbonyl (C=O) groups is 6. The molecule has 4 saturated heterocycles. The number of methoxy groups -OCH3 is 1. The molecule has 118 heavy (non-hydrogen) atoms. The van der Waals surface area contributed by atoms with E-state index in [4.69, 9.17) is 14.6 Å². The highest BCUT2D eigenvalue weighted by Crippen LogP contribution is 2.44. The molecule has 4 N–H and O–H groups in total. The number of anilines is 4. The number of piperidine rings is 4. The summed E-state index contributed by atoms with van der Waals surface area (Å²) in [6.07, 6.45) is 3.67. The Morgan fingerprint density at radius 2 is 1.13 bits per heavy atom. The van der Waals surface area contributed by atoms with Crippen LogP contribution >= 0.6 is 0 Å². The zero-order chi connectivity index (χ0) is 83.1. The van der Waals surface area contributed by atoms with Gasteiger partial charge < -0.3 is 44.3 Å². The fraction of sp³-hybridized carbons (Fsp3) is 0.471. The third-order valence-electron chi connectivity index (χ3n) is 25.6. The molecule has 0 radical (unpaired) electrons. The molecule has 0 bridgehead atoms. The maximum absolute atomic E-state index is 14.7. The van der Waals surface area contributed by atoms with Gasteiger partial charge in [0, 0.05) is 126 Å². The van der Waals surface area contributed by atoms with E-state index in [9.17, 15) is 64.7 Å². The Kier molecular flexibility index (Phi) is 21.9. The summed E-state index contributed by atoms with van der Waals surface area (Å²) in [5, 5.41) is 16.5. The smallest absolute Gasteiger partial charge is 0.433 e. The first-order valence-corrected chi connectivity index (χ1v) is 40.5. The number of imide groups is 2. The number of alkyl halides is 6. The number of rotatable bonds is 20. The predicted octanol–water partition coefficient (Wildman–Crippen LogP) is 12.2. The van der Waals surface area contributed by atoms with E-state index >= 15 is 0 Å². The summed E-state index contributed by atoms with van der Waals surface area (Å²) >= 11 is 0. The van der Waals surface area contributed by atoms with Gasteiger partial charge in [0.2, 0.25) is 23.6 Å². The molecule has 6 amide bonds. The van der Waals surface area contributed by atoms with Crippen LogP contribution in [0.4, 0.5) is 49.1 Å². The number of nitrogens with one attached hydrogen (secondary N) is 4. The number of hydrogen-bond acceptors (Lipinski definition) is 17. The number of pyridine rings is 2. The fourth-order valence-corrected chi connectivity index (χ4v) is 19.2. The zero-order valence-corrected chi connectivity index (χ0v) is 66.8. The first-order valence-electron chi connectivity index (χ1n) is 40.5. The van der Waals surface area contributed by atoms with Gasteiger partial charge in [-0.1, -0.05) is 24.3 Å². The van der Waals surface area contributed by atoms with Gasteiger partial charge in [-0.15, -0.1) is 0 Å². The minimum Gasteiger partial charge on any atom is -0.494 e. The van der Waals surface area contributed by atoms with Crippen LogP contribution in [0.25, 0.3) is 43.9 Å². The van der Waals surface area contributed by atoms with E-state index in [0.29, 0.717) is 56.8 Å². The predicted molar refractivity (Wildman–Crippen MR) is 431 cm³/mol. The number of aromatic nitrogens is 9. The molecule has 10 aromatic rings. The molecule has 0 spiro atoms. The standard InChI is InChI=1S/C85H95F6N17O10/c1-47-14-24-63-77(103(6)83(116)108(63)65-26-29-73(110)97-80(65)113)75(47)105-36-32-55(33-37-105)100(3)44-49-17-22-56(23-18-49)106-45-53-39-59(68(117-7)41-58(53)98-106)94-81(114)74-51(21-27-71(95-74)85(89,90)91)46-118-69-42-67-52(38-60(69)93-78(111)57-10-8-13-70(92-57)84(86,87)88)40-66(101(67)4)50-19-15-48(16-20-50)43-99(2)54-30-34-104(35-31-54)61-11-9-12-62-76(61)102(5)82(115)107(62)64-25-28-72(109)96-79(64)112/h8-14,21,24,27,38-42,45,48-50,54-56,64-65H,15-20,22-23,25-26,28-37,43-44,46H2,1-7H3,(H,93,111)(H,94,114)(H,96,109,112)(H,97,110,113)/t48-,49-,50-,56-,64?,65?. The maximum atomic E-state index is 14.7. The SMILES string of the molecule is COc1cc2nn([C@H]3CC[C@H](CN(C)C4CCN(c5c(C)ccc6c5n(C)c(=O)n6C5CCC(=O)NC5=O)CC4)CC3)cc2cc1NC(=O)c1nc(C(F)(F)F)ccc1COc1cc2c(cc1NC(=O)c1cccc(C(F)(F)F)n1)cc([C@H]1CC[C@H](CN(C)C3CCN(c4cccc5c4n(C)c(=O)n5C4CCC(=O)NC4=O)CC3)CC1)n2C. The zero-order valence-electron chi connectivity index (χ0n) is 66.8. The molecular formula is C85H95F6N17O10. The lowest BCUT2D eigenvalue weighted by atomic mass is 9.80. The molecule has 33 heteroatoms. The lowest BCUT2D eigenvalue weighted by Gasteiger charge is -2.40. The van der Waals surface area contributed by atoms with E-state index < -0.39 is 77.4 Å². The Hall–Kier alpha value is -11.4. The number of nitrogens with zero attached hydrogens (tertiary/aromatic N) is 13. The van der Waals surface area contributed by atoms with E-state index in [1.54, 1.807) is 47.5 Å². The second kappa shape index (κ2) is 32.2. The van der Waals surface area contributed by atoms with Crippen LogP contribution in [0, 0.1) is 18.8 Å². The van der Waals surface area contributed by atoms with E-state index in [-0.39, 0.29) is 89.3 Å². The summed E-state index contributed by atoms with van der Waals surface area (Å²) in [7, 11) is 11.1. The molecule has 27 nitrogen and oxygen atoms in total. The van der Waals surface area contributed by atoms with Crippen LogP contribution in [-0.4, -0.2) is 160 Å². The molecular weight excluding hydrogens is 1530 g/mol. The van der Waals surface area contributed by atoms with Crippen molar-refractivity contribution < 1.29 is 64.6 Å². The Morgan fingerprint density at radius 1 is 0.568 bits per heavy atom. The van der Waals surface area contributed by atoms with Gasteiger partial charge in [-0.25, -0.2) is 19.6 Å². The third kappa shape index (κ3) is 15.7. The van der Waals surface area contributed by atoms with Crippen LogP contribution in [-0.2, 0) is 59.3 Å². The normalized spacial score (nSPS) is 20.9. The Bertz CT molecular complexity index is 5750. The van der Waals surface area contributed by atoms with Crippen LogP contribution in [0.1, 0.15) is 176 Å². The minimum atomic E-state index is -4.98. The van der Waals surface area contributed by atoms with E-state index in [2.05, 4.69) is 64.9 Å². The van der Waals surface area contributed by atoms with Crippen molar-refractivity contribution in [1.29, 1.82) is 0 Å². The number of carbonyl (C=O) groups excluding carboxylic acids is 6. The fourth-order valence-electron chi connectivity index (χ4n) is 19.2. The van der Waals surface area contributed by atoms with Crippen molar-refractivity contribution >= 4 is 102 Å². The summed E-state index contributed by atoms with van der Waals surface area (Å²) in [4.78, 5) is 123. The number of aryl methyl sites for hydroxylation is 4. The second-order valence-corrected chi connectivity index (χ2v) is 32.9. The number of fused-ring (bicyclic) bond motifs is 4. The van der Waals surface area contributed by atoms with Crippen molar-refractivity contribution in [2.24, 2.45) is 33.0 Å². The van der Waals surface area contributed by atoms with Crippen LogP contribution in [0.5, 0.6) is 11.5 Å². The third-order valence-corrected chi connectivity index (χ3v) is 25.6. The summed E-state index contributed by atoms with van der Waals surface area (Å²) in [5.74, 6) is -2.56. The van der Waals surface area contributed by atoms with Crippen molar-refractivity contribution in [3.8, 4) is 11.5 Å². The van der Waals surface area contributed by atoms with Crippen LogP contribution in [0.15, 0.2) is 107 Å². The molecule has 2 unspecified atom stereocenters. The summed E-state index contributed by atoms with van der Waals surface area (Å²) in [6, 6.07) is 22.1. The molecule has 16 rings (SSSR count). The minimum absolute atomic E-state index is 0.00847. The van der Waals surface area contributed by atoms with Gasteiger partial charge in [-0.3, -0.25) is 62.4 Å². The molecule has 4 aliphatic heterocycles. The summed E-state index contributed by atoms with van der Waals surface area (Å²) in [5.41, 5.74) is 3.57. The largest absolute Gasteiger partial charge is 0.494 e. The van der Waals surface area contributed by atoms with Crippen LogP contribution < -0.4 is 51.9 Å². The molecule has 4 aromatic carbocycles. The number of amides is 6.